The molecule has 24 heavy (non-hydrogen) atoms. The number of hydrogen-bond donors (Lipinski definition) is 1. The molecular formula is C19H23NO4. The molecule has 0 heterocycles. The molecule has 0 unspecified atom stereocenters. The van der Waals surface area contributed by atoms with Gasteiger partial charge in [-0.1, -0.05) is 18.2 Å². The first-order valence-electron chi connectivity index (χ1n) is 7.83. The number of ether oxygens (including phenoxy) is 3. The van der Waals surface area contributed by atoms with Gasteiger partial charge < -0.3 is 19.5 Å². The lowest BCUT2D eigenvalue weighted by Gasteiger charge is -2.19. The molecule has 0 spiro atoms. The normalized spacial score (nSPS) is 10.8. The van der Waals surface area contributed by atoms with Crippen molar-refractivity contribution in [2.24, 2.45) is 0 Å². The van der Waals surface area contributed by atoms with Crippen LogP contribution in [0.2, 0.25) is 0 Å². The summed E-state index contributed by atoms with van der Waals surface area (Å²) in [5, 5.41) is 2.72. The molecule has 128 valence electrons. The molecule has 0 fully saturated rings. The zero-order valence-corrected chi connectivity index (χ0v) is 14.2. The summed E-state index contributed by atoms with van der Waals surface area (Å²) in [6.07, 6.45) is -0.447. The van der Waals surface area contributed by atoms with E-state index in [0.717, 1.165) is 11.5 Å². The summed E-state index contributed by atoms with van der Waals surface area (Å²) in [6, 6.07) is 16.8. The number of carbonyl (C=O) groups excluding carboxylic acids is 1. The van der Waals surface area contributed by atoms with Crippen LogP contribution in [-0.2, 0) is 4.74 Å². The Morgan fingerprint density at radius 1 is 0.875 bits per heavy atom. The summed E-state index contributed by atoms with van der Waals surface area (Å²) in [4.78, 5) is 11.5. The van der Waals surface area contributed by atoms with Crippen LogP contribution in [0.5, 0.6) is 17.2 Å². The van der Waals surface area contributed by atoms with E-state index < -0.39 is 6.09 Å². The number of rotatable bonds is 6. The van der Waals surface area contributed by atoms with Gasteiger partial charge in [-0.3, -0.25) is 0 Å². The van der Waals surface area contributed by atoms with Crippen molar-refractivity contribution in [1.82, 2.24) is 5.32 Å². The number of carbonyl (C=O) groups is 1. The van der Waals surface area contributed by atoms with Gasteiger partial charge in [0.1, 0.15) is 30.5 Å². The predicted octanol–water partition coefficient (Wildman–Crippen LogP) is 4.38. The first-order valence-corrected chi connectivity index (χ1v) is 7.83. The van der Waals surface area contributed by atoms with Gasteiger partial charge in [-0.25, -0.2) is 4.79 Å². The van der Waals surface area contributed by atoms with Gasteiger partial charge in [0.15, 0.2) is 0 Å². The molecular weight excluding hydrogens is 306 g/mol. The van der Waals surface area contributed by atoms with E-state index in [1.165, 1.54) is 0 Å². The predicted molar refractivity (Wildman–Crippen MR) is 92.7 cm³/mol. The Balaban J connectivity index is 1.71. The molecule has 1 amide bonds. The molecule has 2 aromatic carbocycles. The number of amides is 1. The Hall–Kier alpha value is -2.69. The second-order valence-corrected chi connectivity index (χ2v) is 6.25. The van der Waals surface area contributed by atoms with Crippen molar-refractivity contribution in [3.63, 3.8) is 0 Å². The third-order valence-electron chi connectivity index (χ3n) is 2.86. The zero-order chi connectivity index (χ0) is 17.4. The van der Waals surface area contributed by atoms with E-state index in [1.807, 2.05) is 75.4 Å². The molecule has 0 aromatic heterocycles. The molecule has 0 saturated heterocycles. The Kier molecular flexibility index (Phi) is 6.07. The molecule has 0 aliphatic heterocycles. The van der Waals surface area contributed by atoms with Gasteiger partial charge in [-0.05, 0) is 57.2 Å². The third kappa shape index (κ3) is 6.60. The van der Waals surface area contributed by atoms with Crippen LogP contribution < -0.4 is 14.8 Å². The summed E-state index contributed by atoms with van der Waals surface area (Å²) in [5.74, 6) is 2.20. The van der Waals surface area contributed by atoms with Crippen LogP contribution in [0.4, 0.5) is 4.79 Å². The number of hydrogen-bond acceptors (Lipinski definition) is 4. The zero-order valence-electron chi connectivity index (χ0n) is 14.2. The van der Waals surface area contributed by atoms with E-state index in [1.54, 1.807) is 0 Å². The molecule has 0 radical (unpaired) electrons. The van der Waals surface area contributed by atoms with Crippen molar-refractivity contribution >= 4 is 6.09 Å². The fourth-order valence-corrected chi connectivity index (χ4v) is 1.86. The van der Waals surface area contributed by atoms with Crippen molar-refractivity contribution in [3.8, 4) is 17.2 Å². The van der Waals surface area contributed by atoms with Crippen LogP contribution in [0.25, 0.3) is 0 Å². The smallest absolute Gasteiger partial charge is 0.407 e. The maximum Gasteiger partial charge on any atom is 0.407 e. The molecule has 2 rings (SSSR count). The van der Waals surface area contributed by atoms with E-state index in [0.29, 0.717) is 5.75 Å². The van der Waals surface area contributed by atoms with Gasteiger partial charge in [0, 0.05) is 5.54 Å². The Labute approximate surface area is 142 Å². The number of nitrogens with one attached hydrogen (secondary N) is 1. The molecule has 0 aliphatic rings. The molecule has 5 nitrogen and oxygen atoms in total. The summed E-state index contributed by atoms with van der Waals surface area (Å²) in [5.41, 5.74) is -0.313. The van der Waals surface area contributed by atoms with E-state index in [9.17, 15) is 4.79 Å². The first kappa shape index (κ1) is 17.7. The Morgan fingerprint density at radius 3 is 2.08 bits per heavy atom. The van der Waals surface area contributed by atoms with Crippen molar-refractivity contribution in [2.45, 2.75) is 26.3 Å². The van der Waals surface area contributed by atoms with Gasteiger partial charge in [-0.15, -0.1) is 0 Å². The lowest BCUT2D eigenvalue weighted by Crippen LogP contribution is -2.41. The molecule has 0 saturated carbocycles. The Bertz CT molecular complexity index is 633. The standard InChI is InChI=1S/C19H23NO4/c1-19(2,3)20-18(21)23-14-13-22-15-9-11-17(12-10-15)24-16-7-5-4-6-8-16/h4-12H,13-14H2,1-3H3,(H,20,21). The maximum absolute atomic E-state index is 11.5. The molecule has 2 aromatic rings. The lowest BCUT2D eigenvalue weighted by atomic mass is 10.1. The summed E-state index contributed by atoms with van der Waals surface area (Å²) in [6.45, 7) is 6.15. The van der Waals surface area contributed by atoms with Gasteiger partial charge >= 0.3 is 6.09 Å². The molecule has 0 bridgehead atoms. The first-order chi connectivity index (χ1) is 11.4. The highest BCUT2D eigenvalue weighted by atomic mass is 16.6. The van der Waals surface area contributed by atoms with E-state index in [2.05, 4.69) is 5.32 Å². The van der Waals surface area contributed by atoms with E-state index >= 15 is 0 Å². The highest BCUT2D eigenvalue weighted by Crippen LogP contribution is 2.23. The second-order valence-electron chi connectivity index (χ2n) is 6.25. The third-order valence-corrected chi connectivity index (χ3v) is 2.86. The highest BCUT2D eigenvalue weighted by Gasteiger charge is 2.14. The van der Waals surface area contributed by atoms with Gasteiger partial charge in [0.2, 0.25) is 0 Å². The van der Waals surface area contributed by atoms with Gasteiger partial charge in [-0.2, -0.15) is 0 Å². The lowest BCUT2D eigenvalue weighted by molar-refractivity contribution is 0.118. The average molecular weight is 329 g/mol. The number of alkyl carbamates (subject to hydrolysis) is 1. The summed E-state index contributed by atoms with van der Waals surface area (Å²) < 4.78 is 16.3. The van der Waals surface area contributed by atoms with Crippen LogP contribution in [-0.4, -0.2) is 24.8 Å². The summed E-state index contributed by atoms with van der Waals surface area (Å²) in [7, 11) is 0. The second kappa shape index (κ2) is 8.24. The summed E-state index contributed by atoms with van der Waals surface area (Å²) >= 11 is 0. The van der Waals surface area contributed by atoms with Crippen molar-refractivity contribution in [1.29, 1.82) is 0 Å². The maximum atomic E-state index is 11.5. The van der Waals surface area contributed by atoms with Crippen LogP contribution in [0.15, 0.2) is 54.6 Å². The number of benzene rings is 2. The van der Waals surface area contributed by atoms with E-state index in [-0.39, 0.29) is 18.8 Å². The molecule has 0 atom stereocenters. The SMILES string of the molecule is CC(C)(C)NC(=O)OCCOc1ccc(Oc2ccccc2)cc1. The van der Waals surface area contributed by atoms with Crippen LogP contribution >= 0.6 is 0 Å². The minimum atomic E-state index is -0.447. The van der Waals surface area contributed by atoms with E-state index in [4.69, 9.17) is 14.2 Å². The number of para-hydroxylation sites is 1. The van der Waals surface area contributed by atoms with Crippen LogP contribution in [0.1, 0.15) is 20.8 Å². The fraction of sp³-hybridized carbons (Fsp3) is 0.316. The largest absolute Gasteiger partial charge is 0.490 e. The molecule has 0 aliphatic carbocycles. The van der Waals surface area contributed by atoms with Crippen molar-refractivity contribution < 1.29 is 19.0 Å². The minimum Gasteiger partial charge on any atom is -0.490 e. The van der Waals surface area contributed by atoms with Crippen molar-refractivity contribution in [2.75, 3.05) is 13.2 Å². The van der Waals surface area contributed by atoms with Crippen LogP contribution in [0.3, 0.4) is 0 Å². The highest BCUT2D eigenvalue weighted by molar-refractivity contribution is 5.68. The minimum absolute atomic E-state index is 0.185. The Morgan fingerprint density at radius 2 is 1.46 bits per heavy atom. The van der Waals surface area contributed by atoms with Crippen LogP contribution in [0, 0.1) is 0 Å². The monoisotopic (exact) mass is 329 g/mol. The molecule has 5 heteroatoms. The topological polar surface area (TPSA) is 56.8 Å². The van der Waals surface area contributed by atoms with Gasteiger partial charge in [0.25, 0.3) is 0 Å². The van der Waals surface area contributed by atoms with Crippen molar-refractivity contribution in [3.05, 3.63) is 54.6 Å². The van der Waals surface area contributed by atoms with Gasteiger partial charge in [0.05, 0.1) is 0 Å². The quantitative estimate of drug-likeness (QED) is 0.799. The average Bonchev–Trinajstić information content (AvgIpc) is 2.52. The fourth-order valence-electron chi connectivity index (χ4n) is 1.86. The molecule has 1 N–H and O–H groups in total.